The molecule has 0 saturated carbocycles. The lowest BCUT2D eigenvalue weighted by Crippen LogP contribution is -2.43. The van der Waals surface area contributed by atoms with E-state index in [4.69, 9.17) is 0 Å². The van der Waals surface area contributed by atoms with E-state index in [2.05, 4.69) is 52.7 Å². The molecule has 8 heteroatoms. The molecule has 0 aliphatic rings. The second-order valence-corrected chi connectivity index (χ2v) is 6.59. The number of carbonyl (C=O) groups is 3. The minimum absolute atomic E-state index is 0.140. The molecule has 1 rings (SSSR count). The maximum absolute atomic E-state index is 12.2. The summed E-state index contributed by atoms with van der Waals surface area (Å²) in [4.78, 5) is 38.0. The molecule has 150 valence electrons. The first-order valence-electron chi connectivity index (χ1n) is 8.81. The average molecular weight is 379 g/mol. The van der Waals surface area contributed by atoms with Crippen LogP contribution in [0.15, 0.2) is 18.2 Å². The summed E-state index contributed by atoms with van der Waals surface area (Å²) in [7, 11) is 2.48. The van der Waals surface area contributed by atoms with Crippen LogP contribution in [0.1, 0.15) is 48.4 Å². The molecule has 8 nitrogen and oxygen atoms in total. The Hall–Kier alpha value is -2.61. The molecule has 0 aliphatic heterocycles. The maximum atomic E-state index is 12.2. The van der Waals surface area contributed by atoms with Gasteiger partial charge in [-0.15, -0.1) is 0 Å². The molecule has 0 unspecified atom stereocenters. The Morgan fingerprint density at radius 3 is 1.81 bits per heavy atom. The minimum Gasteiger partial charge on any atom is -0.465 e. The number of nitrogens with zero attached hydrogens (tertiary/aromatic N) is 1. The van der Waals surface area contributed by atoms with Crippen molar-refractivity contribution in [2.24, 2.45) is 0 Å². The van der Waals surface area contributed by atoms with Gasteiger partial charge in [0.2, 0.25) is 0 Å². The molecule has 0 atom stereocenters. The lowest BCUT2D eigenvalue weighted by atomic mass is 10.1. The van der Waals surface area contributed by atoms with Crippen LogP contribution in [0.25, 0.3) is 0 Å². The summed E-state index contributed by atoms with van der Waals surface area (Å²) >= 11 is 0. The summed E-state index contributed by atoms with van der Waals surface area (Å²) in [6.07, 6.45) is 0. The van der Waals surface area contributed by atoms with Crippen LogP contribution in [-0.2, 0) is 9.47 Å². The first kappa shape index (κ1) is 22.4. The van der Waals surface area contributed by atoms with Crippen molar-refractivity contribution in [2.75, 3.05) is 32.6 Å². The van der Waals surface area contributed by atoms with Gasteiger partial charge in [-0.3, -0.25) is 4.90 Å². The highest BCUT2D eigenvalue weighted by molar-refractivity contribution is 5.99. The molecule has 0 aromatic heterocycles. The Labute approximate surface area is 160 Å². The third-order valence-corrected chi connectivity index (χ3v) is 4.02. The van der Waals surface area contributed by atoms with Crippen molar-refractivity contribution in [1.82, 2.24) is 10.2 Å². The zero-order chi connectivity index (χ0) is 20.6. The van der Waals surface area contributed by atoms with Gasteiger partial charge < -0.3 is 20.1 Å². The minimum atomic E-state index is -0.617. The maximum Gasteiger partial charge on any atom is 0.337 e. The van der Waals surface area contributed by atoms with Crippen molar-refractivity contribution in [2.45, 2.75) is 39.8 Å². The zero-order valence-electron chi connectivity index (χ0n) is 16.8. The van der Waals surface area contributed by atoms with Crippen molar-refractivity contribution in [1.29, 1.82) is 0 Å². The fraction of sp³-hybridized carbons (Fsp3) is 0.526. The van der Waals surface area contributed by atoms with Crippen LogP contribution < -0.4 is 10.6 Å². The smallest absolute Gasteiger partial charge is 0.337 e. The summed E-state index contributed by atoms with van der Waals surface area (Å²) in [5.74, 6) is -1.23. The number of hydrogen-bond acceptors (Lipinski definition) is 6. The molecule has 0 saturated heterocycles. The Balaban J connectivity index is 2.80. The number of anilines is 1. The molecule has 0 aliphatic carbocycles. The van der Waals surface area contributed by atoms with Crippen molar-refractivity contribution in [3.05, 3.63) is 29.3 Å². The number of nitrogens with one attached hydrogen (secondary N) is 2. The fourth-order valence-electron chi connectivity index (χ4n) is 2.76. The largest absolute Gasteiger partial charge is 0.465 e. The van der Waals surface area contributed by atoms with Gasteiger partial charge in [0.05, 0.1) is 25.3 Å². The zero-order valence-corrected chi connectivity index (χ0v) is 16.8. The number of carbonyl (C=O) groups excluding carboxylic acids is 3. The van der Waals surface area contributed by atoms with E-state index in [0.717, 1.165) is 0 Å². The topological polar surface area (TPSA) is 97.0 Å². The van der Waals surface area contributed by atoms with E-state index in [0.29, 0.717) is 30.9 Å². The van der Waals surface area contributed by atoms with Crippen molar-refractivity contribution < 1.29 is 23.9 Å². The fourth-order valence-corrected chi connectivity index (χ4v) is 2.76. The Morgan fingerprint density at radius 1 is 0.926 bits per heavy atom. The van der Waals surface area contributed by atoms with Gasteiger partial charge in [-0.05, 0) is 45.9 Å². The predicted octanol–water partition coefficient (Wildman–Crippen LogP) is 2.50. The second-order valence-electron chi connectivity index (χ2n) is 6.59. The van der Waals surface area contributed by atoms with E-state index in [1.807, 2.05) is 0 Å². The number of ether oxygens (including phenoxy) is 2. The van der Waals surface area contributed by atoms with Gasteiger partial charge in [-0.25, -0.2) is 14.4 Å². The number of amides is 2. The number of esters is 2. The number of rotatable bonds is 8. The van der Waals surface area contributed by atoms with Crippen LogP contribution in [-0.4, -0.2) is 62.3 Å². The van der Waals surface area contributed by atoms with Crippen molar-refractivity contribution in [3.63, 3.8) is 0 Å². The lowest BCUT2D eigenvalue weighted by Gasteiger charge is -2.30. The van der Waals surface area contributed by atoms with Crippen LogP contribution in [0, 0.1) is 0 Å². The molecule has 1 aromatic carbocycles. The van der Waals surface area contributed by atoms with E-state index >= 15 is 0 Å². The van der Waals surface area contributed by atoms with E-state index in [1.165, 1.54) is 32.4 Å². The van der Waals surface area contributed by atoms with Gasteiger partial charge in [-0.2, -0.15) is 0 Å². The Morgan fingerprint density at radius 2 is 1.41 bits per heavy atom. The molecule has 0 bridgehead atoms. The summed E-state index contributed by atoms with van der Waals surface area (Å²) in [5, 5.41) is 5.40. The third-order valence-electron chi connectivity index (χ3n) is 4.02. The van der Waals surface area contributed by atoms with Crippen LogP contribution >= 0.6 is 0 Å². The lowest BCUT2D eigenvalue weighted by molar-refractivity contribution is 0.0599. The van der Waals surface area contributed by atoms with Gasteiger partial charge in [0.25, 0.3) is 0 Å². The summed E-state index contributed by atoms with van der Waals surface area (Å²) in [6.45, 7) is 9.58. The summed E-state index contributed by atoms with van der Waals surface area (Å²) in [6, 6.07) is 4.53. The molecular weight excluding hydrogens is 350 g/mol. The molecule has 0 fully saturated rings. The quantitative estimate of drug-likeness (QED) is 0.674. The van der Waals surface area contributed by atoms with Gasteiger partial charge in [0.15, 0.2) is 0 Å². The number of benzene rings is 1. The van der Waals surface area contributed by atoms with Gasteiger partial charge in [0, 0.05) is 30.9 Å². The molecule has 0 radical (unpaired) electrons. The van der Waals surface area contributed by atoms with Gasteiger partial charge in [-0.1, -0.05) is 0 Å². The Bertz CT molecular complexity index is 631. The highest BCUT2D eigenvalue weighted by atomic mass is 16.5. The number of urea groups is 1. The first-order chi connectivity index (χ1) is 12.7. The number of hydrogen-bond donors (Lipinski definition) is 2. The normalized spacial score (nSPS) is 10.9. The van der Waals surface area contributed by atoms with E-state index < -0.39 is 18.0 Å². The van der Waals surface area contributed by atoms with Crippen LogP contribution in [0.3, 0.4) is 0 Å². The van der Waals surface area contributed by atoms with E-state index in [1.54, 1.807) is 0 Å². The molecule has 27 heavy (non-hydrogen) atoms. The standard InChI is InChI=1S/C19H29N3O5/c1-12(2)22(13(3)4)8-7-20-19(25)21-16-10-14(17(23)26-5)9-15(11-16)18(24)27-6/h9-13H,7-8H2,1-6H3,(H2,20,21,25). The van der Waals surface area contributed by atoms with Crippen LogP contribution in [0.5, 0.6) is 0 Å². The van der Waals surface area contributed by atoms with Crippen LogP contribution in [0.2, 0.25) is 0 Å². The average Bonchev–Trinajstić information content (AvgIpc) is 2.62. The second kappa shape index (κ2) is 10.5. The monoisotopic (exact) mass is 379 g/mol. The Kier molecular flexibility index (Phi) is 8.74. The summed E-state index contributed by atoms with van der Waals surface area (Å²) < 4.78 is 9.35. The first-order valence-corrected chi connectivity index (χ1v) is 8.81. The van der Waals surface area contributed by atoms with Crippen LogP contribution in [0.4, 0.5) is 10.5 Å². The molecule has 0 heterocycles. The molecule has 2 N–H and O–H groups in total. The van der Waals surface area contributed by atoms with Crippen molar-refractivity contribution >= 4 is 23.7 Å². The van der Waals surface area contributed by atoms with Gasteiger partial charge in [0.1, 0.15) is 0 Å². The van der Waals surface area contributed by atoms with Gasteiger partial charge >= 0.3 is 18.0 Å². The molecule has 1 aromatic rings. The van der Waals surface area contributed by atoms with E-state index in [9.17, 15) is 14.4 Å². The predicted molar refractivity (Wildman–Crippen MR) is 103 cm³/mol. The van der Waals surface area contributed by atoms with E-state index in [-0.39, 0.29) is 11.1 Å². The highest BCUT2D eigenvalue weighted by Crippen LogP contribution is 2.17. The summed E-state index contributed by atoms with van der Waals surface area (Å²) in [5.41, 5.74) is 0.573. The molecule has 2 amide bonds. The molecule has 0 spiro atoms. The highest BCUT2D eigenvalue weighted by Gasteiger charge is 2.16. The van der Waals surface area contributed by atoms with Crippen molar-refractivity contribution in [3.8, 4) is 0 Å². The SMILES string of the molecule is COC(=O)c1cc(NC(=O)NCCN(C(C)C)C(C)C)cc(C(=O)OC)c1. The third kappa shape index (κ3) is 6.90. The number of methoxy groups -OCH3 is 2. The molecular formula is C19H29N3O5.